The molecule has 0 fully saturated rings. The molecule has 0 heterocycles. The summed E-state index contributed by atoms with van der Waals surface area (Å²) in [4.78, 5) is 0. The third-order valence-electron chi connectivity index (χ3n) is 1.33. The Kier molecular flexibility index (Phi) is 2.04. The standard InChI is InChI=1S/C7H7BF2/c1-8-5-2-6(9)4-7(10)3-5/h2-4,8H,1H3. The quantitative estimate of drug-likeness (QED) is 0.512. The van der Waals surface area contributed by atoms with Crippen molar-refractivity contribution in [1.29, 1.82) is 0 Å². The van der Waals surface area contributed by atoms with Gasteiger partial charge in [-0.1, -0.05) is 12.3 Å². The first kappa shape index (κ1) is 7.25. The van der Waals surface area contributed by atoms with Crippen LogP contribution in [0.25, 0.3) is 0 Å². The number of benzene rings is 1. The monoisotopic (exact) mass is 140 g/mol. The van der Waals surface area contributed by atoms with Crippen molar-refractivity contribution in [3.63, 3.8) is 0 Å². The highest BCUT2D eigenvalue weighted by Crippen LogP contribution is 1.98. The van der Waals surface area contributed by atoms with E-state index < -0.39 is 11.6 Å². The molecule has 0 N–H and O–H groups in total. The van der Waals surface area contributed by atoms with E-state index in [1.54, 1.807) is 0 Å². The fraction of sp³-hybridized carbons (Fsp3) is 0.143. The molecule has 1 aromatic carbocycles. The lowest BCUT2D eigenvalue weighted by Gasteiger charge is -1.94. The summed E-state index contributed by atoms with van der Waals surface area (Å²) in [5, 5.41) is 0. The molecule has 0 unspecified atom stereocenters. The highest BCUT2D eigenvalue weighted by Gasteiger charge is 1.97. The van der Waals surface area contributed by atoms with E-state index in [1.165, 1.54) is 12.1 Å². The van der Waals surface area contributed by atoms with Crippen molar-refractivity contribution in [3.8, 4) is 0 Å². The molecule has 0 spiro atoms. The Hall–Kier alpha value is -0.855. The van der Waals surface area contributed by atoms with Crippen LogP contribution in [0.5, 0.6) is 0 Å². The van der Waals surface area contributed by atoms with Crippen LogP contribution < -0.4 is 5.46 Å². The van der Waals surface area contributed by atoms with Gasteiger partial charge >= 0.3 is 0 Å². The SMILES string of the molecule is CBc1cc(F)cc(F)c1. The molecule has 0 aromatic heterocycles. The summed E-state index contributed by atoms with van der Waals surface area (Å²) < 4.78 is 24.8. The van der Waals surface area contributed by atoms with E-state index in [0.29, 0.717) is 12.7 Å². The van der Waals surface area contributed by atoms with Crippen LogP contribution in [0, 0.1) is 11.6 Å². The maximum atomic E-state index is 12.4. The molecule has 1 aromatic rings. The lowest BCUT2D eigenvalue weighted by molar-refractivity contribution is 0.585. The summed E-state index contributed by atoms with van der Waals surface area (Å²) in [5.41, 5.74) is 0.692. The third-order valence-corrected chi connectivity index (χ3v) is 1.33. The highest BCUT2D eigenvalue weighted by atomic mass is 19.1. The van der Waals surface area contributed by atoms with Gasteiger partial charge in [0.15, 0.2) is 7.28 Å². The van der Waals surface area contributed by atoms with Crippen molar-refractivity contribution in [2.45, 2.75) is 6.82 Å². The predicted octanol–water partition coefficient (Wildman–Crippen LogP) is 1.07. The first-order valence-corrected chi connectivity index (χ1v) is 3.17. The van der Waals surface area contributed by atoms with Gasteiger partial charge in [-0.15, -0.1) is 0 Å². The van der Waals surface area contributed by atoms with Crippen LogP contribution in [0.1, 0.15) is 0 Å². The zero-order valence-electron chi connectivity index (χ0n) is 5.70. The molecule has 1 rings (SSSR count). The van der Waals surface area contributed by atoms with Crippen LogP contribution in [-0.2, 0) is 0 Å². The number of rotatable bonds is 1. The zero-order chi connectivity index (χ0) is 7.56. The molecule has 0 radical (unpaired) electrons. The average molecular weight is 140 g/mol. The van der Waals surface area contributed by atoms with Gasteiger partial charge in [0.1, 0.15) is 11.6 Å². The second kappa shape index (κ2) is 2.82. The van der Waals surface area contributed by atoms with E-state index in [-0.39, 0.29) is 0 Å². The lowest BCUT2D eigenvalue weighted by atomic mass is 9.73. The molecular weight excluding hydrogens is 133 g/mol. The Morgan fingerprint density at radius 1 is 1.10 bits per heavy atom. The van der Waals surface area contributed by atoms with E-state index in [0.717, 1.165) is 6.07 Å². The maximum Gasteiger partial charge on any atom is 0.154 e. The van der Waals surface area contributed by atoms with Gasteiger partial charge in [-0.2, -0.15) is 0 Å². The third kappa shape index (κ3) is 1.56. The molecule has 0 aliphatic rings. The topological polar surface area (TPSA) is 0 Å². The van der Waals surface area contributed by atoms with Gasteiger partial charge in [-0.05, 0) is 12.1 Å². The predicted molar refractivity (Wildman–Crippen MR) is 39.0 cm³/mol. The van der Waals surface area contributed by atoms with Crippen LogP contribution in [-0.4, -0.2) is 7.28 Å². The first-order chi connectivity index (χ1) is 4.72. The molecule has 0 saturated carbocycles. The summed E-state index contributed by atoms with van der Waals surface area (Å²) in [7, 11) is 0.661. The van der Waals surface area contributed by atoms with Crippen molar-refractivity contribution >= 4 is 12.7 Å². The Bertz CT molecular complexity index is 215. The Balaban J connectivity index is 3.06. The molecule has 10 heavy (non-hydrogen) atoms. The van der Waals surface area contributed by atoms with Crippen molar-refractivity contribution in [3.05, 3.63) is 29.8 Å². The van der Waals surface area contributed by atoms with E-state index in [2.05, 4.69) is 0 Å². The minimum atomic E-state index is -0.503. The van der Waals surface area contributed by atoms with Crippen LogP contribution in [0.15, 0.2) is 18.2 Å². The highest BCUT2D eigenvalue weighted by molar-refractivity contribution is 6.51. The number of hydrogen-bond acceptors (Lipinski definition) is 0. The minimum absolute atomic E-state index is 0.503. The van der Waals surface area contributed by atoms with Gasteiger partial charge in [0, 0.05) is 6.07 Å². The summed E-state index contributed by atoms with van der Waals surface area (Å²) in [6.45, 7) is 1.86. The Morgan fingerprint density at radius 3 is 2.00 bits per heavy atom. The molecule has 0 amide bonds. The van der Waals surface area contributed by atoms with Crippen molar-refractivity contribution in [1.82, 2.24) is 0 Å². The van der Waals surface area contributed by atoms with Crippen LogP contribution in [0.3, 0.4) is 0 Å². The van der Waals surface area contributed by atoms with Gasteiger partial charge in [-0.25, -0.2) is 8.78 Å². The molecule has 0 atom stereocenters. The summed E-state index contributed by atoms with van der Waals surface area (Å²) in [6, 6.07) is 3.55. The fourth-order valence-electron chi connectivity index (χ4n) is 0.815. The summed E-state index contributed by atoms with van der Waals surface area (Å²) in [5.74, 6) is -1.01. The van der Waals surface area contributed by atoms with Crippen molar-refractivity contribution in [2.75, 3.05) is 0 Å². The van der Waals surface area contributed by atoms with Gasteiger partial charge in [-0.3, -0.25) is 0 Å². The molecule has 0 nitrogen and oxygen atoms in total. The molecule has 0 saturated heterocycles. The smallest absolute Gasteiger partial charge is 0.154 e. The fourth-order valence-corrected chi connectivity index (χ4v) is 0.815. The van der Waals surface area contributed by atoms with E-state index in [1.807, 2.05) is 6.82 Å². The van der Waals surface area contributed by atoms with E-state index in [4.69, 9.17) is 0 Å². The largest absolute Gasteiger partial charge is 0.207 e. The van der Waals surface area contributed by atoms with Gasteiger partial charge in [0.25, 0.3) is 0 Å². The van der Waals surface area contributed by atoms with E-state index >= 15 is 0 Å². The number of halogens is 2. The molecule has 0 aliphatic heterocycles. The van der Waals surface area contributed by atoms with Gasteiger partial charge in [0.05, 0.1) is 0 Å². The van der Waals surface area contributed by atoms with Crippen LogP contribution in [0.4, 0.5) is 8.78 Å². The lowest BCUT2D eigenvalue weighted by Crippen LogP contribution is -2.11. The van der Waals surface area contributed by atoms with Crippen LogP contribution in [0.2, 0.25) is 6.82 Å². The van der Waals surface area contributed by atoms with Crippen LogP contribution >= 0.6 is 0 Å². The van der Waals surface area contributed by atoms with E-state index in [9.17, 15) is 8.78 Å². The summed E-state index contributed by atoms with van der Waals surface area (Å²) >= 11 is 0. The molecule has 52 valence electrons. The molecule has 0 bridgehead atoms. The second-order valence-electron chi connectivity index (χ2n) is 2.13. The normalized spacial score (nSPS) is 9.50. The van der Waals surface area contributed by atoms with Gasteiger partial charge in [0.2, 0.25) is 0 Å². The van der Waals surface area contributed by atoms with Gasteiger partial charge < -0.3 is 0 Å². The maximum absolute atomic E-state index is 12.4. The Morgan fingerprint density at radius 2 is 1.60 bits per heavy atom. The van der Waals surface area contributed by atoms with Crippen molar-refractivity contribution < 1.29 is 8.78 Å². The average Bonchev–Trinajstić information content (AvgIpc) is 1.85. The molecule has 3 heteroatoms. The first-order valence-electron chi connectivity index (χ1n) is 3.17. The molecule has 0 aliphatic carbocycles. The molecular formula is C7H7BF2. The summed E-state index contributed by atoms with van der Waals surface area (Å²) in [6.07, 6.45) is 0. The Labute approximate surface area is 59.1 Å². The number of hydrogen-bond donors (Lipinski definition) is 0. The van der Waals surface area contributed by atoms with Crippen molar-refractivity contribution in [2.24, 2.45) is 0 Å². The minimum Gasteiger partial charge on any atom is -0.207 e. The second-order valence-corrected chi connectivity index (χ2v) is 2.13. The zero-order valence-corrected chi connectivity index (χ0v) is 5.70.